The van der Waals surface area contributed by atoms with Gasteiger partial charge in [-0.25, -0.2) is 13.1 Å². The molecule has 0 spiro atoms. The minimum absolute atomic E-state index is 0.0246. The molecule has 0 aromatic heterocycles. The van der Waals surface area contributed by atoms with Gasteiger partial charge in [-0.1, -0.05) is 72.8 Å². The van der Waals surface area contributed by atoms with Gasteiger partial charge < -0.3 is 20.5 Å². The van der Waals surface area contributed by atoms with Crippen LogP contribution in [0.25, 0.3) is 0 Å². The Morgan fingerprint density at radius 2 is 1.57 bits per heavy atom. The van der Waals surface area contributed by atoms with Gasteiger partial charge in [0, 0.05) is 26.1 Å². The Morgan fingerprint density at radius 3 is 2.24 bits per heavy atom. The molecule has 9 heteroatoms. The number of aliphatic hydroxyl groups excluding tert-OH is 1. The van der Waals surface area contributed by atoms with Gasteiger partial charge in [0.2, 0.25) is 15.9 Å². The summed E-state index contributed by atoms with van der Waals surface area (Å²) >= 11 is 0. The van der Waals surface area contributed by atoms with E-state index in [0.29, 0.717) is 18.5 Å². The van der Waals surface area contributed by atoms with Gasteiger partial charge in [0.1, 0.15) is 5.75 Å². The zero-order chi connectivity index (χ0) is 26.5. The minimum atomic E-state index is -3.57. The van der Waals surface area contributed by atoms with Gasteiger partial charge in [0.05, 0.1) is 25.0 Å². The minimum Gasteiger partial charge on any atom is -0.497 e. The van der Waals surface area contributed by atoms with E-state index in [2.05, 4.69) is 15.4 Å². The van der Waals surface area contributed by atoms with Crippen molar-refractivity contribution < 1.29 is 23.1 Å². The average molecular weight is 526 g/mol. The first-order valence-corrected chi connectivity index (χ1v) is 13.9. The molecule has 8 nitrogen and oxygen atoms in total. The highest BCUT2D eigenvalue weighted by molar-refractivity contribution is 7.88. The fourth-order valence-corrected chi connectivity index (χ4v) is 5.03. The molecule has 0 fully saturated rings. The maximum Gasteiger partial charge on any atom is 0.221 e. The first kappa shape index (κ1) is 28.3. The van der Waals surface area contributed by atoms with E-state index in [0.717, 1.165) is 16.9 Å². The number of hydrogen-bond donors (Lipinski definition) is 4. The number of ether oxygens (including phenoxy) is 1. The summed E-state index contributed by atoms with van der Waals surface area (Å²) in [5.74, 6) is 0.271. The van der Waals surface area contributed by atoms with Crippen LogP contribution >= 0.6 is 0 Å². The molecule has 0 aliphatic carbocycles. The van der Waals surface area contributed by atoms with Gasteiger partial charge in [-0.3, -0.25) is 4.79 Å². The summed E-state index contributed by atoms with van der Waals surface area (Å²) < 4.78 is 32.4. The van der Waals surface area contributed by atoms with Crippen LogP contribution in [0.3, 0.4) is 0 Å². The van der Waals surface area contributed by atoms with Gasteiger partial charge in [0.25, 0.3) is 0 Å². The predicted octanol–water partition coefficient (Wildman–Crippen LogP) is 2.38. The van der Waals surface area contributed by atoms with Crippen LogP contribution in [0.5, 0.6) is 5.75 Å². The number of carbonyl (C=O) groups excluding carboxylic acids is 1. The van der Waals surface area contributed by atoms with Crippen molar-refractivity contribution in [1.82, 2.24) is 15.4 Å². The molecule has 0 aliphatic rings. The lowest BCUT2D eigenvalue weighted by atomic mass is 10.0. The van der Waals surface area contributed by atoms with E-state index in [4.69, 9.17) is 4.74 Å². The maximum atomic E-state index is 12.7. The number of nitrogens with one attached hydrogen (secondary N) is 3. The Kier molecular flexibility index (Phi) is 11.1. The molecule has 0 unspecified atom stereocenters. The predicted molar refractivity (Wildman–Crippen MR) is 144 cm³/mol. The fraction of sp³-hybridized carbons (Fsp3) is 0.321. The van der Waals surface area contributed by atoms with Crippen molar-refractivity contribution in [1.29, 1.82) is 0 Å². The second kappa shape index (κ2) is 14.5. The molecular formula is C28H35N3O5S. The monoisotopic (exact) mass is 525 g/mol. The molecule has 3 aromatic carbocycles. The van der Waals surface area contributed by atoms with Crippen molar-refractivity contribution in [3.05, 3.63) is 102 Å². The molecule has 3 rings (SSSR count). The summed E-state index contributed by atoms with van der Waals surface area (Å²) in [4.78, 5) is 12.7. The summed E-state index contributed by atoms with van der Waals surface area (Å²) in [7, 11) is -1.95. The average Bonchev–Trinajstić information content (AvgIpc) is 2.89. The fourth-order valence-electron chi connectivity index (χ4n) is 3.88. The Hall–Kier alpha value is -3.24. The van der Waals surface area contributed by atoms with Crippen LogP contribution in [0.2, 0.25) is 0 Å². The molecule has 0 aliphatic heterocycles. The molecule has 0 saturated carbocycles. The molecule has 0 radical (unpaired) electrons. The molecular weight excluding hydrogens is 490 g/mol. The van der Waals surface area contributed by atoms with Crippen LogP contribution in [0.1, 0.15) is 23.1 Å². The van der Waals surface area contributed by atoms with E-state index in [1.807, 2.05) is 60.7 Å². The first-order valence-electron chi connectivity index (χ1n) is 12.2. The molecule has 1 amide bonds. The van der Waals surface area contributed by atoms with E-state index >= 15 is 0 Å². The number of benzene rings is 3. The molecule has 0 heterocycles. The third kappa shape index (κ3) is 10.3. The Bertz CT molecular complexity index is 1210. The summed E-state index contributed by atoms with van der Waals surface area (Å²) in [5, 5.41) is 17.0. The molecule has 3 aromatic rings. The number of aliphatic hydroxyl groups is 1. The molecule has 0 bridgehead atoms. The van der Waals surface area contributed by atoms with Crippen molar-refractivity contribution in [2.45, 2.75) is 37.3 Å². The van der Waals surface area contributed by atoms with Gasteiger partial charge >= 0.3 is 0 Å². The van der Waals surface area contributed by atoms with Crippen molar-refractivity contribution in [3.8, 4) is 5.75 Å². The highest BCUT2D eigenvalue weighted by atomic mass is 32.2. The van der Waals surface area contributed by atoms with Crippen LogP contribution < -0.4 is 20.1 Å². The second-order valence-corrected chi connectivity index (χ2v) is 10.6. The molecule has 37 heavy (non-hydrogen) atoms. The second-order valence-electron chi connectivity index (χ2n) is 8.80. The largest absolute Gasteiger partial charge is 0.497 e. The quantitative estimate of drug-likeness (QED) is 0.242. The number of rotatable bonds is 15. The van der Waals surface area contributed by atoms with Crippen LogP contribution in [-0.2, 0) is 33.5 Å². The maximum absolute atomic E-state index is 12.7. The van der Waals surface area contributed by atoms with Crippen LogP contribution in [0, 0.1) is 0 Å². The first-order chi connectivity index (χ1) is 17.8. The summed E-state index contributed by atoms with van der Waals surface area (Å²) in [6, 6.07) is 25.6. The number of amides is 1. The number of carbonyl (C=O) groups is 1. The van der Waals surface area contributed by atoms with Crippen molar-refractivity contribution in [2.75, 3.05) is 20.2 Å². The molecule has 4 N–H and O–H groups in total. The third-order valence-corrected chi connectivity index (χ3v) is 7.16. The normalized spacial score (nSPS) is 13.0. The number of hydrogen-bond acceptors (Lipinski definition) is 6. The Morgan fingerprint density at radius 1 is 0.919 bits per heavy atom. The molecule has 2 atom stereocenters. The topological polar surface area (TPSA) is 117 Å². The Labute approximate surface area is 219 Å². The van der Waals surface area contributed by atoms with Crippen LogP contribution in [0.15, 0.2) is 84.9 Å². The van der Waals surface area contributed by atoms with Gasteiger partial charge in [-0.05, 0) is 35.2 Å². The van der Waals surface area contributed by atoms with Crippen molar-refractivity contribution >= 4 is 15.9 Å². The van der Waals surface area contributed by atoms with E-state index < -0.39 is 22.2 Å². The summed E-state index contributed by atoms with van der Waals surface area (Å²) in [6.07, 6.45) is -0.457. The SMILES string of the molecule is COc1cccc(CNC[C@@H](O)[C@H](Cc2ccccc2)NC(=O)CCNS(=O)(=O)Cc2ccccc2)c1. The van der Waals surface area contributed by atoms with Gasteiger partial charge in [-0.2, -0.15) is 0 Å². The zero-order valence-electron chi connectivity index (χ0n) is 21.0. The van der Waals surface area contributed by atoms with E-state index in [1.54, 1.807) is 31.4 Å². The highest BCUT2D eigenvalue weighted by Gasteiger charge is 2.22. The van der Waals surface area contributed by atoms with E-state index in [9.17, 15) is 18.3 Å². The smallest absolute Gasteiger partial charge is 0.221 e. The lowest BCUT2D eigenvalue weighted by molar-refractivity contribution is -0.122. The Balaban J connectivity index is 1.52. The van der Waals surface area contributed by atoms with Gasteiger partial charge in [0.15, 0.2) is 0 Å². The van der Waals surface area contributed by atoms with Gasteiger partial charge in [-0.15, -0.1) is 0 Å². The van der Waals surface area contributed by atoms with E-state index in [-0.39, 0.29) is 31.2 Å². The number of sulfonamides is 1. The molecule has 198 valence electrons. The van der Waals surface area contributed by atoms with Crippen molar-refractivity contribution in [3.63, 3.8) is 0 Å². The third-order valence-electron chi connectivity index (χ3n) is 5.80. The lowest BCUT2D eigenvalue weighted by Crippen LogP contribution is -2.49. The van der Waals surface area contributed by atoms with Crippen LogP contribution in [-0.4, -0.2) is 51.8 Å². The van der Waals surface area contributed by atoms with Crippen molar-refractivity contribution in [2.24, 2.45) is 0 Å². The van der Waals surface area contributed by atoms with E-state index in [1.165, 1.54) is 0 Å². The molecule has 0 saturated heterocycles. The number of methoxy groups -OCH3 is 1. The van der Waals surface area contributed by atoms with Crippen LogP contribution in [0.4, 0.5) is 0 Å². The zero-order valence-corrected chi connectivity index (χ0v) is 21.8. The summed E-state index contributed by atoms with van der Waals surface area (Å²) in [6.45, 7) is 0.769. The standard InChI is InChI=1S/C28H35N3O5S/c1-36-25-14-8-13-24(17-25)19-29-20-27(32)26(18-22-9-4-2-5-10-22)31-28(33)15-16-30-37(34,35)21-23-11-6-3-7-12-23/h2-14,17,26-27,29-30,32H,15-16,18-21H2,1H3,(H,31,33)/t26-,27+/m0/s1. The summed E-state index contributed by atoms with van der Waals surface area (Å²) in [5.41, 5.74) is 2.66. The highest BCUT2D eigenvalue weighted by Crippen LogP contribution is 2.12. The lowest BCUT2D eigenvalue weighted by Gasteiger charge is -2.25.